The lowest BCUT2D eigenvalue weighted by Crippen LogP contribution is -2.08. The lowest BCUT2D eigenvalue weighted by molar-refractivity contribution is 0.862. The van der Waals surface area contributed by atoms with E-state index in [1.54, 1.807) is 18.6 Å². The number of benzene rings is 1. The summed E-state index contributed by atoms with van der Waals surface area (Å²) in [5.41, 5.74) is 1.17. The van der Waals surface area contributed by atoms with E-state index in [1.807, 2.05) is 36.4 Å². The first kappa shape index (κ1) is 11.6. The minimum atomic E-state index is 0.156. The standard InChI is InChI=1S/C15H14N4/c1-11(12-6-8-16-9-7-12)18-15-14-5-3-2-4-13(14)10-17-19-15/h2-11H,1H3,(H,18,19). The molecule has 0 aliphatic carbocycles. The highest BCUT2D eigenvalue weighted by atomic mass is 15.2. The summed E-state index contributed by atoms with van der Waals surface area (Å²) in [7, 11) is 0. The first-order valence-corrected chi connectivity index (χ1v) is 6.21. The van der Waals surface area contributed by atoms with Crippen molar-refractivity contribution in [3.8, 4) is 0 Å². The molecule has 0 radical (unpaired) electrons. The average molecular weight is 250 g/mol. The smallest absolute Gasteiger partial charge is 0.157 e. The van der Waals surface area contributed by atoms with Gasteiger partial charge in [0.15, 0.2) is 5.82 Å². The number of aromatic nitrogens is 3. The molecule has 0 aliphatic heterocycles. The molecule has 0 aliphatic rings. The molecule has 0 spiro atoms. The van der Waals surface area contributed by atoms with Crippen molar-refractivity contribution in [3.05, 3.63) is 60.6 Å². The van der Waals surface area contributed by atoms with Crippen LogP contribution in [0.15, 0.2) is 55.0 Å². The fraction of sp³-hybridized carbons (Fsp3) is 0.133. The Bertz CT molecular complexity index is 677. The van der Waals surface area contributed by atoms with E-state index in [9.17, 15) is 0 Å². The average Bonchev–Trinajstić information content (AvgIpc) is 2.48. The van der Waals surface area contributed by atoms with Gasteiger partial charge in [0, 0.05) is 23.2 Å². The summed E-state index contributed by atoms with van der Waals surface area (Å²) in [6.07, 6.45) is 5.36. The predicted molar refractivity (Wildman–Crippen MR) is 75.8 cm³/mol. The van der Waals surface area contributed by atoms with E-state index in [0.717, 1.165) is 16.6 Å². The quantitative estimate of drug-likeness (QED) is 0.775. The van der Waals surface area contributed by atoms with Gasteiger partial charge in [0.1, 0.15) is 0 Å². The van der Waals surface area contributed by atoms with Crippen LogP contribution in [0.2, 0.25) is 0 Å². The van der Waals surface area contributed by atoms with Crippen LogP contribution in [-0.2, 0) is 0 Å². The molecule has 4 heteroatoms. The molecule has 1 atom stereocenters. The van der Waals surface area contributed by atoms with E-state index in [4.69, 9.17) is 0 Å². The summed E-state index contributed by atoms with van der Waals surface area (Å²) < 4.78 is 0. The highest BCUT2D eigenvalue weighted by Gasteiger charge is 2.08. The summed E-state index contributed by atoms with van der Waals surface area (Å²) in [5.74, 6) is 0.808. The molecule has 1 N–H and O–H groups in total. The first-order chi connectivity index (χ1) is 9.34. The van der Waals surface area contributed by atoms with E-state index in [1.165, 1.54) is 5.56 Å². The summed E-state index contributed by atoms with van der Waals surface area (Å²) in [5, 5.41) is 13.8. The largest absolute Gasteiger partial charge is 0.362 e. The van der Waals surface area contributed by atoms with Crippen molar-refractivity contribution < 1.29 is 0 Å². The van der Waals surface area contributed by atoms with Crippen LogP contribution >= 0.6 is 0 Å². The third-order valence-electron chi connectivity index (χ3n) is 3.13. The number of hydrogen-bond acceptors (Lipinski definition) is 4. The van der Waals surface area contributed by atoms with Crippen molar-refractivity contribution in [2.24, 2.45) is 0 Å². The van der Waals surface area contributed by atoms with Gasteiger partial charge in [-0.2, -0.15) is 5.10 Å². The highest BCUT2D eigenvalue weighted by Crippen LogP contribution is 2.23. The number of rotatable bonds is 3. The molecule has 2 heterocycles. The van der Waals surface area contributed by atoms with Crippen LogP contribution in [0.5, 0.6) is 0 Å². The highest BCUT2D eigenvalue weighted by molar-refractivity contribution is 5.90. The van der Waals surface area contributed by atoms with Crippen LogP contribution in [0.1, 0.15) is 18.5 Å². The molecule has 3 aromatic rings. The van der Waals surface area contributed by atoms with Gasteiger partial charge in [0.25, 0.3) is 0 Å². The predicted octanol–water partition coefficient (Wildman–Crippen LogP) is 3.20. The van der Waals surface area contributed by atoms with E-state index < -0.39 is 0 Å². The van der Waals surface area contributed by atoms with Crippen LogP contribution in [0, 0.1) is 0 Å². The molecule has 0 saturated carbocycles. The summed E-state index contributed by atoms with van der Waals surface area (Å²) in [4.78, 5) is 4.03. The van der Waals surface area contributed by atoms with Crippen molar-refractivity contribution in [1.82, 2.24) is 15.2 Å². The number of nitrogens with one attached hydrogen (secondary N) is 1. The molecular weight excluding hydrogens is 236 g/mol. The molecule has 0 saturated heterocycles. The van der Waals surface area contributed by atoms with Gasteiger partial charge >= 0.3 is 0 Å². The SMILES string of the molecule is CC(Nc1nncc2ccccc12)c1ccncc1. The van der Waals surface area contributed by atoms with Crippen LogP contribution in [0.3, 0.4) is 0 Å². The molecular formula is C15H14N4. The number of pyridine rings is 1. The van der Waals surface area contributed by atoms with E-state index in [-0.39, 0.29) is 6.04 Å². The third-order valence-corrected chi connectivity index (χ3v) is 3.13. The maximum atomic E-state index is 4.20. The van der Waals surface area contributed by atoms with Crippen LogP contribution < -0.4 is 5.32 Å². The monoisotopic (exact) mass is 250 g/mol. The van der Waals surface area contributed by atoms with Crippen LogP contribution in [0.4, 0.5) is 5.82 Å². The fourth-order valence-corrected chi connectivity index (χ4v) is 2.08. The number of nitrogens with zero attached hydrogens (tertiary/aromatic N) is 3. The molecule has 19 heavy (non-hydrogen) atoms. The second kappa shape index (κ2) is 5.02. The van der Waals surface area contributed by atoms with Gasteiger partial charge < -0.3 is 5.32 Å². The second-order valence-electron chi connectivity index (χ2n) is 4.43. The molecule has 4 nitrogen and oxygen atoms in total. The van der Waals surface area contributed by atoms with E-state index in [0.29, 0.717) is 0 Å². The molecule has 0 amide bonds. The molecule has 2 aromatic heterocycles. The lowest BCUT2D eigenvalue weighted by atomic mass is 10.1. The number of fused-ring (bicyclic) bond motifs is 1. The molecule has 3 rings (SSSR count). The molecule has 1 unspecified atom stereocenters. The van der Waals surface area contributed by atoms with Crippen molar-refractivity contribution in [1.29, 1.82) is 0 Å². The Morgan fingerprint density at radius 1 is 1.05 bits per heavy atom. The zero-order chi connectivity index (χ0) is 13.1. The molecule has 94 valence electrons. The van der Waals surface area contributed by atoms with Crippen LogP contribution in [-0.4, -0.2) is 15.2 Å². The Balaban J connectivity index is 1.94. The maximum absolute atomic E-state index is 4.20. The summed E-state index contributed by atoms with van der Waals surface area (Å²) in [6, 6.07) is 12.2. The van der Waals surface area contributed by atoms with Gasteiger partial charge in [-0.05, 0) is 24.6 Å². The Kier molecular flexibility index (Phi) is 3.06. The number of anilines is 1. The maximum Gasteiger partial charge on any atom is 0.157 e. The van der Waals surface area contributed by atoms with Crippen LogP contribution in [0.25, 0.3) is 10.8 Å². The Hall–Kier alpha value is -2.49. The molecule has 1 aromatic carbocycles. The zero-order valence-corrected chi connectivity index (χ0v) is 10.6. The van der Waals surface area contributed by atoms with Gasteiger partial charge in [-0.15, -0.1) is 5.10 Å². The second-order valence-corrected chi connectivity index (χ2v) is 4.43. The number of hydrogen-bond donors (Lipinski definition) is 1. The van der Waals surface area contributed by atoms with Gasteiger partial charge in [-0.25, -0.2) is 0 Å². The summed E-state index contributed by atoms with van der Waals surface area (Å²) in [6.45, 7) is 2.10. The van der Waals surface area contributed by atoms with Gasteiger partial charge in [0.2, 0.25) is 0 Å². The summed E-state index contributed by atoms with van der Waals surface area (Å²) >= 11 is 0. The van der Waals surface area contributed by atoms with E-state index in [2.05, 4.69) is 27.4 Å². The van der Waals surface area contributed by atoms with Crippen molar-refractivity contribution in [3.63, 3.8) is 0 Å². The first-order valence-electron chi connectivity index (χ1n) is 6.21. The molecule has 0 fully saturated rings. The van der Waals surface area contributed by atoms with Crippen molar-refractivity contribution in [2.45, 2.75) is 13.0 Å². The Labute approximate surface area is 111 Å². The Morgan fingerprint density at radius 2 is 1.84 bits per heavy atom. The lowest BCUT2D eigenvalue weighted by Gasteiger charge is -2.15. The fourth-order valence-electron chi connectivity index (χ4n) is 2.08. The minimum Gasteiger partial charge on any atom is -0.362 e. The minimum absolute atomic E-state index is 0.156. The topological polar surface area (TPSA) is 50.7 Å². The van der Waals surface area contributed by atoms with Crippen molar-refractivity contribution >= 4 is 16.6 Å². The normalized spacial score (nSPS) is 12.3. The van der Waals surface area contributed by atoms with Gasteiger partial charge in [-0.1, -0.05) is 24.3 Å². The molecule has 0 bridgehead atoms. The van der Waals surface area contributed by atoms with Gasteiger partial charge in [0.05, 0.1) is 12.2 Å². The van der Waals surface area contributed by atoms with Crippen molar-refractivity contribution in [2.75, 3.05) is 5.32 Å². The third kappa shape index (κ3) is 2.38. The van der Waals surface area contributed by atoms with E-state index >= 15 is 0 Å². The zero-order valence-electron chi connectivity index (χ0n) is 10.6. The Morgan fingerprint density at radius 3 is 2.68 bits per heavy atom. The van der Waals surface area contributed by atoms with Gasteiger partial charge in [-0.3, -0.25) is 4.98 Å².